The number of carbonyl (C=O) groups is 1. The van der Waals surface area contributed by atoms with Gasteiger partial charge in [-0.25, -0.2) is 18.0 Å². The van der Waals surface area contributed by atoms with Gasteiger partial charge in [-0.15, -0.1) is 0 Å². The summed E-state index contributed by atoms with van der Waals surface area (Å²) < 4.78 is 69.6. The largest absolute Gasteiger partial charge is 0.390 e. The molecule has 168 valence electrons. The number of anilines is 2. The Labute approximate surface area is 175 Å². The van der Waals surface area contributed by atoms with Crippen molar-refractivity contribution in [2.24, 2.45) is 0 Å². The van der Waals surface area contributed by atoms with E-state index in [0.29, 0.717) is 17.8 Å². The first-order valence-electron chi connectivity index (χ1n) is 9.29. The average Bonchev–Trinajstić information content (AvgIpc) is 3.09. The van der Waals surface area contributed by atoms with Crippen molar-refractivity contribution in [3.05, 3.63) is 41.5 Å². The maximum atomic E-state index is 13.4. The second-order valence-electron chi connectivity index (χ2n) is 7.36. The molecule has 1 saturated heterocycles. The van der Waals surface area contributed by atoms with Gasteiger partial charge in [0, 0.05) is 24.4 Å². The standard InChI is InChI=1S/C17H19F3N6O4S/c1-9-6-25-15(14(5-21-25)26-7-11(27)4-22-31(26,29)30)8-24(9)17(28)23-10-2-12(18)16(20)13(19)3-10/h2-3,5,9,11,22,27H,4,6-8H2,1H3,(H,23,28)/t9-,11?/m0/s1. The number of nitrogens with one attached hydrogen (secondary N) is 2. The molecule has 2 aliphatic heterocycles. The van der Waals surface area contributed by atoms with Gasteiger partial charge in [-0.2, -0.15) is 18.2 Å². The van der Waals surface area contributed by atoms with Gasteiger partial charge < -0.3 is 15.3 Å². The summed E-state index contributed by atoms with van der Waals surface area (Å²) in [5.74, 6) is -4.52. The highest BCUT2D eigenvalue weighted by Crippen LogP contribution is 2.30. The molecule has 31 heavy (non-hydrogen) atoms. The van der Waals surface area contributed by atoms with E-state index in [4.69, 9.17) is 0 Å². The first-order valence-corrected chi connectivity index (χ1v) is 10.7. The Hall–Kier alpha value is -2.84. The molecule has 14 heteroatoms. The van der Waals surface area contributed by atoms with Gasteiger partial charge in [-0.3, -0.25) is 8.99 Å². The van der Waals surface area contributed by atoms with Crippen LogP contribution in [0.3, 0.4) is 0 Å². The monoisotopic (exact) mass is 460 g/mol. The van der Waals surface area contributed by atoms with Gasteiger partial charge in [0.1, 0.15) is 0 Å². The Bertz CT molecular complexity index is 1120. The minimum absolute atomic E-state index is 0.0589. The van der Waals surface area contributed by atoms with Crippen molar-refractivity contribution in [2.45, 2.75) is 32.2 Å². The lowest BCUT2D eigenvalue weighted by Crippen LogP contribution is -2.54. The minimum atomic E-state index is -3.89. The number of amides is 2. The van der Waals surface area contributed by atoms with Gasteiger partial charge in [0.15, 0.2) is 17.5 Å². The molecule has 2 aliphatic rings. The number of aliphatic hydroxyl groups is 1. The minimum Gasteiger partial charge on any atom is -0.390 e. The van der Waals surface area contributed by atoms with E-state index in [-0.39, 0.29) is 37.6 Å². The van der Waals surface area contributed by atoms with Crippen molar-refractivity contribution < 1.29 is 31.5 Å². The summed E-state index contributed by atoms with van der Waals surface area (Å²) in [7, 11) is -3.89. The zero-order valence-electron chi connectivity index (χ0n) is 16.2. The molecular weight excluding hydrogens is 441 g/mol. The fourth-order valence-electron chi connectivity index (χ4n) is 3.55. The van der Waals surface area contributed by atoms with Crippen LogP contribution in [0.5, 0.6) is 0 Å². The lowest BCUT2D eigenvalue weighted by atomic mass is 10.2. The lowest BCUT2D eigenvalue weighted by Gasteiger charge is -2.36. The number of carbonyl (C=O) groups excluding carboxylic acids is 1. The van der Waals surface area contributed by atoms with E-state index in [0.717, 1.165) is 4.31 Å². The Morgan fingerprint density at radius 2 is 1.94 bits per heavy atom. The number of aromatic nitrogens is 2. The maximum absolute atomic E-state index is 13.4. The highest BCUT2D eigenvalue weighted by molar-refractivity contribution is 7.91. The van der Waals surface area contributed by atoms with Crippen molar-refractivity contribution >= 4 is 27.6 Å². The quantitative estimate of drug-likeness (QED) is 0.572. The highest BCUT2D eigenvalue weighted by atomic mass is 32.2. The fourth-order valence-corrected chi connectivity index (χ4v) is 4.89. The SMILES string of the molecule is C[C@H]1Cn2ncc(N3CC(O)CNS3(=O)=O)c2CN1C(=O)Nc1cc(F)c(F)c(F)c1. The second-order valence-corrected chi connectivity index (χ2v) is 9.04. The molecule has 0 spiro atoms. The van der Waals surface area contributed by atoms with Crippen LogP contribution in [0, 0.1) is 17.5 Å². The summed E-state index contributed by atoms with van der Waals surface area (Å²) in [6.45, 7) is 1.61. The number of hydrogen-bond donors (Lipinski definition) is 3. The van der Waals surface area contributed by atoms with Gasteiger partial charge in [0.2, 0.25) is 0 Å². The molecule has 0 bridgehead atoms. The predicted molar refractivity (Wildman–Crippen MR) is 103 cm³/mol. The van der Waals surface area contributed by atoms with Crippen LogP contribution in [0.25, 0.3) is 0 Å². The normalized spacial score (nSPS) is 22.9. The Morgan fingerprint density at radius 3 is 2.61 bits per heavy atom. The molecule has 1 fully saturated rings. The van der Waals surface area contributed by atoms with Crippen molar-refractivity contribution in [3.63, 3.8) is 0 Å². The zero-order valence-corrected chi connectivity index (χ0v) is 17.0. The van der Waals surface area contributed by atoms with E-state index in [9.17, 15) is 31.5 Å². The molecule has 0 radical (unpaired) electrons. The zero-order chi connectivity index (χ0) is 22.5. The Balaban J connectivity index is 1.59. The number of benzene rings is 1. The summed E-state index contributed by atoms with van der Waals surface area (Å²) in [5.41, 5.74) is 0.345. The molecule has 2 amide bonds. The molecule has 10 nitrogen and oxygen atoms in total. The van der Waals surface area contributed by atoms with Crippen LogP contribution in [0.1, 0.15) is 12.6 Å². The molecule has 1 aromatic carbocycles. The first kappa shape index (κ1) is 21.4. The molecule has 1 unspecified atom stereocenters. The van der Waals surface area contributed by atoms with Crippen molar-refractivity contribution in [1.29, 1.82) is 0 Å². The van der Waals surface area contributed by atoms with Crippen molar-refractivity contribution in [1.82, 2.24) is 19.4 Å². The van der Waals surface area contributed by atoms with Crippen LogP contribution < -0.4 is 14.3 Å². The van der Waals surface area contributed by atoms with Gasteiger partial charge in [-0.05, 0) is 6.92 Å². The van der Waals surface area contributed by atoms with Crippen LogP contribution in [0.2, 0.25) is 0 Å². The smallest absolute Gasteiger partial charge is 0.322 e. The van der Waals surface area contributed by atoms with Crippen molar-refractivity contribution in [2.75, 3.05) is 22.7 Å². The molecule has 0 aliphatic carbocycles. The van der Waals surface area contributed by atoms with Gasteiger partial charge in [-0.1, -0.05) is 0 Å². The Kier molecular flexibility index (Phi) is 5.31. The lowest BCUT2D eigenvalue weighted by molar-refractivity contribution is 0.161. The van der Waals surface area contributed by atoms with Crippen LogP contribution in [0.4, 0.5) is 29.3 Å². The molecular formula is C17H19F3N6O4S. The number of halogens is 3. The molecule has 2 atom stereocenters. The van der Waals surface area contributed by atoms with Gasteiger partial charge in [0.25, 0.3) is 0 Å². The Morgan fingerprint density at radius 1 is 1.26 bits per heavy atom. The summed E-state index contributed by atoms with van der Waals surface area (Å²) in [4.78, 5) is 14.1. The number of hydrogen-bond acceptors (Lipinski definition) is 5. The number of urea groups is 1. The topological polar surface area (TPSA) is 120 Å². The number of β-amino-alcohol motifs (C(OH)–C–C–N with tert-alkyl or cyclic N) is 1. The molecule has 3 heterocycles. The molecule has 4 rings (SSSR count). The third kappa shape index (κ3) is 3.93. The van der Waals surface area contributed by atoms with E-state index in [1.54, 1.807) is 11.6 Å². The third-order valence-corrected chi connectivity index (χ3v) is 6.61. The van der Waals surface area contributed by atoms with Crippen LogP contribution >= 0.6 is 0 Å². The highest BCUT2D eigenvalue weighted by Gasteiger charge is 2.36. The van der Waals surface area contributed by atoms with Crippen molar-refractivity contribution in [3.8, 4) is 0 Å². The summed E-state index contributed by atoms with van der Waals surface area (Å²) in [5, 5.41) is 16.4. The fraction of sp³-hybridized carbons (Fsp3) is 0.412. The average molecular weight is 460 g/mol. The van der Waals surface area contributed by atoms with Gasteiger partial charge in [0.05, 0.1) is 49.4 Å². The number of fused-ring (bicyclic) bond motifs is 1. The number of aliphatic hydroxyl groups excluding tert-OH is 1. The van der Waals surface area contributed by atoms with Gasteiger partial charge >= 0.3 is 16.2 Å². The number of rotatable bonds is 2. The number of nitrogens with zero attached hydrogens (tertiary/aromatic N) is 4. The predicted octanol–water partition coefficient (Wildman–Crippen LogP) is 0.752. The first-order chi connectivity index (χ1) is 14.6. The van der Waals surface area contributed by atoms with Crippen LogP contribution in [0.15, 0.2) is 18.3 Å². The molecule has 3 N–H and O–H groups in total. The van der Waals surface area contributed by atoms with E-state index in [1.165, 1.54) is 11.1 Å². The molecule has 1 aromatic heterocycles. The second kappa shape index (κ2) is 7.69. The third-order valence-electron chi connectivity index (χ3n) is 5.15. The van der Waals surface area contributed by atoms with Crippen LogP contribution in [-0.4, -0.2) is 59.5 Å². The molecule has 0 saturated carbocycles. The van der Waals surface area contributed by atoms with Crippen LogP contribution in [-0.2, 0) is 23.3 Å². The van der Waals surface area contributed by atoms with E-state index >= 15 is 0 Å². The summed E-state index contributed by atoms with van der Waals surface area (Å²) in [6, 6.07) is 0.218. The van der Waals surface area contributed by atoms with E-state index < -0.39 is 45.8 Å². The summed E-state index contributed by atoms with van der Waals surface area (Å²) in [6.07, 6.45) is 0.412. The van der Waals surface area contributed by atoms with E-state index in [2.05, 4.69) is 15.1 Å². The summed E-state index contributed by atoms with van der Waals surface area (Å²) >= 11 is 0. The van der Waals surface area contributed by atoms with E-state index in [1.807, 2.05) is 0 Å². The molecule has 2 aromatic rings. The maximum Gasteiger partial charge on any atom is 0.322 e.